The van der Waals surface area contributed by atoms with Gasteiger partial charge in [0.1, 0.15) is 11.2 Å². The summed E-state index contributed by atoms with van der Waals surface area (Å²) < 4.78 is 6.15. The van der Waals surface area contributed by atoms with Crippen LogP contribution in [0.2, 0.25) is 0 Å². The summed E-state index contributed by atoms with van der Waals surface area (Å²) in [6, 6.07) is 60.3. The molecular formula is C48H28N2O. The molecule has 51 heavy (non-hydrogen) atoms. The Hall–Kier alpha value is -6.84. The van der Waals surface area contributed by atoms with Gasteiger partial charge in [0.05, 0.1) is 22.4 Å². The van der Waals surface area contributed by atoms with Crippen molar-refractivity contribution in [1.29, 1.82) is 0 Å². The second-order valence-electron chi connectivity index (χ2n) is 13.3. The van der Waals surface area contributed by atoms with Crippen molar-refractivity contribution in [3.05, 3.63) is 170 Å². The number of aromatic nitrogens is 2. The SMILES string of the molecule is c1ccc(-c2nc3cc(-c4cccc5ccc6ccc7c8ccccc8ccc7c6c45)ccc3nc2-c2ccc3oc4ccccc4c3c2)cc1. The van der Waals surface area contributed by atoms with Crippen LogP contribution in [0.25, 0.3) is 110 Å². The van der Waals surface area contributed by atoms with Gasteiger partial charge in [0.25, 0.3) is 0 Å². The third kappa shape index (κ3) is 4.32. The van der Waals surface area contributed by atoms with Crippen LogP contribution in [0.4, 0.5) is 0 Å². The third-order valence-corrected chi connectivity index (χ3v) is 10.4. The van der Waals surface area contributed by atoms with E-state index in [9.17, 15) is 0 Å². The summed E-state index contributed by atoms with van der Waals surface area (Å²) in [5.41, 5.74) is 9.50. The highest BCUT2D eigenvalue weighted by Gasteiger charge is 2.18. The van der Waals surface area contributed by atoms with Gasteiger partial charge in [-0.15, -0.1) is 0 Å². The molecule has 0 radical (unpaired) electrons. The zero-order valence-electron chi connectivity index (χ0n) is 27.5. The molecule has 0 saturated heterocycles. The lowest BCUT2D eigenvalue weighted by atomic mass is 9.90. The van der Waals surface area contributed by atoms with Gasteiger partial charge in [0.15, 0.2) is 0 Å². The lowest BCUT2D eigenvalue weighted by molar-refractivity contribution is 0.669. The van der Waals surface area contributed by atoms with E-state index in [1.165, 1.54) is 48.7 Å². The maximum atomic E-state index is 6.15. The van der Waals surface area contributed by atoms with Crippen molar-refractivity contribution < 1.29 is 4.42 Å². The van der Waals surface area contributed by atoms with Crippen LogP contribution in [0.5, 0.6) is 0 Å². The number of fused-ring (bicyclic) bond motifs is 11. The fourth-order valence-electron chi connectivity index (χ4n) is 8.03. The molecule has 0 unspecified atom stereocenters. The Morgan fingerprint density at radius 3 is 1.92 bits per heavy atom. The molecule has 0 saturated carbocycles. The lowest BCUT2D eigenvalue weighted by Gasteiger charge is -2.15. The normalized spacial score (nSPS) is 11.9. The first-order valence-corrected chi connectivity index (χ1v) is 17.3. The first-order valence-electron chi connectivity index (χ1n) is 17.3. The molecule has 0 bridgehead atoms. The Morgan fingerprint density at radius 1 is 0.333 bits per heavy atom. The van der Waals surface area contributed by atoms with Gasteiger partial charge in [0.2, 0.25) is 0 Å². The maximum Gasteiger partial charge on any atom is 0.135 e. The van der Waals surface area contributed by atoms with Gasteiger partial charge < -0.3 is 4.42 Å². The van der Waals surface area contributed by atoms with E-state index in [2.05, 4.69) is 146 Å². The van der Waals surface area contributed by atoms with Crippen LogP contribution >= 0.6 is 0 Å². The van der Waals surface area contributed by atoms with Crippen LogP contribution in [-0.2, 0) is 0 Å². The predicted molar refractivity (Wildman–Crippen MR) is 213 cm³/mol. The molecular weight excluding hydrogens is 621 g/mol. The molecule has 0 atom stereocenters. The summed E-state index contributed by atoms with van der Waals surface area (Å²) in [5.74, 6) is 0. The van der Waals surface area contributed by atoms with Crippen molar-refractivity contribution in [1.82, 2.24) is 9.97 Å². The Morgan fingerprint density at radius 2 is 1.00 bits per heavy atom. The Labute approximate surface area is 293 Å². The molecule has 11 rings (SSSR count). The molecule has 2 heterocycles. The van der Waals surface area contributed by atoms with E-state index >= 15 is 0 Å². The number of hydrogen-bond acceptors (Lipinski definition) is 3. The molecule has 0 spiro atoms. The van der Waals surface area contributed by atoms with Crippen LogP contribution in [0.15, 0.2) is 174 Å². The van der Waals surface area contributed by atoms with Crippen molar-refractivity contribution >= 4 is 76.1 Å². The molecule has 3 nitrogen and oxygen atoms in total. The van der Waals surface area contributed by atoms with Crippen molar-refractivity contribution in [2.75, 3.05) is 0 Å². The van der Waals surface area contributed by atoms with E-state index in [0.29, 0.717) is 0 Å². The highest BCUT2D eigenvalue weighted by Crippen LogP contribution is 2.41. The van der Waals surface area contributed by atoms with Crippen molar-refractivity contribution in [3.63, 3.8) is 0 Å². The molecule has 0 amide bonds. The molecule has 0 fully saturated rings. The summed E-state index contributed by atoms with van der Waals surface area (Å²) in [4.78, 5) is 10.7. The van der Waals surface area contributed by atoms with Gasteiger partial charge >= 0.3 is 0 Å². The predicted octanol–water partition coefficient (Wildman–Crippen LogP) is 13.1. The zero-order chi connectivity index (χ0) is 33.5. The minimum atomic E-state index is 0.850. The highest BCUT2D eigenvalue weighted by molar-refractivity contribution is 6.27. The molecule has 9 aromatic carbocycles. The number of hydrogen-bond donors (Lipinski definition) is 0. The molecule has 11 aromatic rings. The molecule has 3 heteroatoms. The topological polar surface area (TPSA) is 38.9 Å². The van der Waals surface area contributed by atoms with Crippen LogP contribution in [0.1, 0.15) is 0 Å². The van der Waals surface area contributed by atoms with Crippen LogP contribution in [0.3, 0.4) is 0 Å². The van der Waals surface area contributed by atoms with Gasteiger partial charge in [-0.1, -0.05) is 133 Å². The average molecular weight is 649 g/mol. The van der Waals surface area contributed by atoms with Crippen molar-refractivity contribution in [3.8, 4) is 33.6 Å². The molecule has 0 aliphatic heterocycles. The molecule has 0 aliphatic carbocycles. The number of nitrogens with zero attached hydrogens (tertiary/aromatic N) is 2. The smallest absolute Gasteiger partial charge is 0.135 e. The Kier molecular flexibility index (Phi) is 5.96. The largest absolute Gasteiger partial charge is 0.456 e. The minimum Gasteiger partial charge on any atom is -0.456 e. The third-order valence-electron chi connectivity index (χ3n) is 10.4. The number of rotatable bonds is 3. The van der Waals surface area contributed by atoms with E-state index in [4.69, 9.17) is 14.4 Å². The van der Waals surface area contributed by atoms with Crippen molar-refractivity contribution in [2.45, 2.75) is 0 Å². The van der Waals surface area contributed by atoms with Gasteiger partial charge in [0, 0.05) is 21.9 Å². The van der Waals surface area contributed by atoms with E-state index in [1.54, 1.807) is 0 Å². The van der Waals surface area contributed by atoms with Crippen molar-refractivity contribution in [2.24, 2.45) is 0 Å². The quantitative estimate of drug-likeness (QED) is 0.179. The van der Waals surface area contributed by atoms with Crippen LogP contribution in [-0.4, -0.2) is 9.97 Å². The Balaban J connectivity index is 1.15. The molecule has 0 aliphatic rings. The first-order chi connectivity index (χ1) is 25.3. The fraction of sp³-hybridized carbons (Fsp3) is 0. The van der Waals surface area contributed by atoms with Crippen LogP contribution in [0, 0.1) is 0 Å². The fourth-order valence-corrected chi connectivity index (χ4v) is 8.03. The summed E-state index contributed by atoms with van der Waals surface area (Å²) in [6.07, 6.45) is 0. The second-order valence-corrected chi connectivity index (χ2v) is 13.3. The van der Waals surface area contributed by atoms with Gasteiger partial charge in [-0.3, -0.25) is 0 Å². The van der Waals surface area contributed by atoms with Gasteiger partial charge in [-0.25, -0.2) is 9.97 Å². The number of para-hydroxylation sites is 1. The van der Waals surface area contributed by atoms with E-state index in [1.807, 2.05) is 24.3 Å². The first kappa shape index (κ1) is 28.0. The van der Waals surface area contributed by atoms with E-state index < -0.39 is 0 Å². The van der Waals surface area contributed by atoms with Crippen LogP contribution < -0.4 is 0 Å². The molecule has 0 N–H and O–H groups in total. The average Bonchev–Trinajstić information content (AvgIpc) is 3.58. The van der Waals surface area contributed by atoms with Gasteiger partial charge in [-0.05, 0) is 90.6 Å². The Bertz CT molecular complexity index is 3190. The van der Waals surface area contributed by atoms with Gasteiger partial charge in [-0.2, -0.15) is 0 Å². The standard InChI is InChI=1S/C48H28N2O/c1-2-10-32(11-3-1)47-48(34-22-26-44-40(27-34)38-14-6-7-16-43(38)51-44)49-41-25-21-33(28-42(41)50-47)36-15-8-12-30-17-18-31-20-23-37-35-13-5-4-9-29(35)19-24-39(37)46(31)45(30)36/h1-28H. The number of furan rings is 1. The maximum absolute atomic E-state index is 6.15. The molecule has 236 valence electrons. The summed E-state index contributed by atoms with van der Waals surface area (Å²) in [5, 5.41) is 12.2. The highest BCUT2D eigenvalue weighted by atomic mass is 16.3. The monoisotopic (exact) mass is 648 g/mol. The summed E-state index contributed by atoms with van der Waals surface area (Å²) >= 11 is 0. The van der Waals surface area contributed by atoms with E-state index in [0.717, 1.165) is 61.1 Å². The number of benzene rings is 9. The second kappa shape index (κ2) is 10.8. The molecule has 2 aromatic heterocycles. The lowest BCUT2D eigenvalue weighted by Crippen LogP contribution is -1.96. The van der Waals surface area contributed by atoms with E-state index in [-0.39, 0.29) is 0 Å². The minimum absolute atomic E-state index is 0.850. The summed E-state index contributed by atoms with van der Waals surface area (Å²) in [7, 11) is 0. The zero-order valence-corrected chi connectivity index (χ0v) is 27.5. The summed E-state index contributed by atoms with van der Waals surface area (Å²) in [6.45, 7) is 0.